The second-order valence-electron chi connectivity index (χ2n) is 6.21. The van der Waals surface area contributed by atoms with E-state index in [2.05, 4.69) is 20.4 Å². The average Bonchev–Trinajstić information content (AvgIpc) is 2.45. The maximum atomic E-state index is 11.2. The Morgan fingerprint density at radius 3 is 2.15 bits per heavy atom. The minimum Gasteiger partial charge on any atom is -0.394 e. The van der Waals surface area contributed by atoms with Gasteiger partial charge in [-0.1, -0.05) is 26.7 Å². The van der Waals surface area contributed by atoms with E-state index >= 15 is 0 Å². The first kappa shape index (κ1) is 17.9. The van der Waals surface area contributed by atoms with Gasteiger partial charge in [0, 0.05) is 26.1 Å². The minimum absolute atomic E-state index is 0.457. The van der Waals surface area contributed by atoms with Gasteiger partial charge in [0.25, 0.3) is 0 Å². The summed E-state index contributed by atoms with van der Waals surface area (Å²) in [6, 6.07) is 1.09. The smallest absolute Gasteiger partial charge is 0.334 e. The van der Waals surface area contributed by atoms with Crippen molar-refractivity contribution in [3.63, 3.8) is 0 Å². The van der Waals surface area contributed by atoms with Gasteiger partial charge in [-0.05, 0) is 44.2 Å². The summed E-state index contributed by atoms with van der Waals surface area (Å²) < 4.78 is 12.1. The molecule has 118 valence electrons. The highest BCUT2D eigenvalue weighted by Gasteiger charge is 2.31. The third-order valence-corrected chi connectivity index (χ3v) is 7.02. The van der Waals surface area contributed by atoms with E-state index in [4.69, 9.17) is 8.85 Å². The molecule has 0 aromatic carbocycles. The first-order valence-corrected chi connectivity index (χ1v) is 10.9. The van der Waals surface area contributed by atoms with Gasteiger partial charge in [0.2, 0.25) is 0 Å². The molecule has 0 atom stereocenters. The summed E-state index contributed by atoms with van der Waals surface area (Å²) in [5.74, 6) is 1.21. The molecule has 1 aliphatic rings. The summed E-state index contributed by atoms with van der Waals surface area (Å²) in [6.45, 7) is 8.15. The lowest BCUT2D eigenvalue weighted by Gasteiger charge is -2.28. The summed E-state index contributed by atoms with van der Waals surface area (Å²) >= 11 is 0. The quantitative estimate of drug-likeness (QED) is 0.559. The molecule has 0 radical (unpaired) electrons. The molecule has 0 bridgehead atoms. The van der Waals surface area contributed by atoms with Gasteiger partial charge in [0.15, 0.2) is 0 Å². The Balaban J connectivity index is 2.27. The first-order chi connectivity index (χ1) is 9.59. The van der Waals surface area contributed by atoms with Crippen LogP contribution in [0.5, 0.6) is 0 Å². The van der Waals surface area contributed by atoms with Crippen molar-refractivity contribution in [2.24, 2.45) is 5.92 Å². The normalized spacial score (nSPS) is 17.6. The van der Waals surface area contributed by atoms with Crippen molar-refractivity contribution in [2.75, 3.05) is 13.2 Å². The van der Waals surface area contributed by atoms with Crippen LogP contribution >= 0.6 is 0 Å². The molecule has 0 aromatic rings. The zero-order valence-electron chi connectivity index (χ0n) is 13.6. The number of carbonyl (C=O) groups is 1. The predicted molar refractivity (Wildman–Crippen MR) is 85.1 cm³/mol. The molecule has 0 aliphatic heterocycles. The fourth-order valence-electron chi connectivity index (χ4n) is 2.82. The summed E-state index contributed by atoms with van der Waals surface area (Å²) in [5, 5.41) is 0. The zero-order valence-corrected chi connectivity index (χ0v) is 14.6. The van der Waals surface area contributed by atoms with E-state index in [0.717, 1.165) is 63.7 Å². The zero-order chi connectivity index (χ0) is 14.8. The largest absolute Gasteiger partial charge is 0.394 e. The van der Waals surface area contributed by atoms with Gasteiger partial charge in [-0.2, -0.15) is 0 Å². The van der Waals surface area contributed by atoms with Crippen LogP contribution in [0, 0.1) is 5.92 Å². The van der Waals surface area contributed by atoms with Gasteiger partial charge in [0.05, 0.1) is 0 Å². The van der Waals surface area contributed by atoms with Gasteiger partial charge in [-0.3, -0.25) is 4.79 Å². The van der Waals surface area contributed by atoms with Gasteiger partial charge in [0.1, 0.15) is 5.78 Å². The molecular formula is C16H32O3Si. The molecule has 0 spiro atoms. The van der Waals surface area contributed by atoms with Gasteiger partial charge in [-0.25, -0.2) is 0 Å². The molecule has 1 aliphatic carbocycles. The molecule has 0 saturated heterocycles. The third kappa shape index (κ3) is 7.00. The number of rotatable bonds is 10. The van der Waals surface area contributed by atoms with E-state index < -0.39 is 8.56 Å². The summed E-state index contributed by atoms with van der Waals surface area (Å²) in [7, 11) is -1.96. The summed E-state index contributed by atoms with van der Waals surface area (Å²) in [5.41, 5.74) is 0. The van der Waals surface area contributed by atoms with Crippen molar-refractivity contribution in [3.8, 4) is 0 Å². The number of ketones is 1. The molecule has 0 unspecified atom stereocenters. The van der Waals surface area contributed by atoms with Gasteiger partial charge < -0.3 is 8.85 Å². The SMILES string of the molecule is CCCO[Si](C)(CCCC1CCC(=O)CC1)OCCC. The van der Waals surface area contributed by atoms with Crippen LogP contribution in [0.1, 0.15) is 65.2 Å². The van der Waals surface area contributed by atoms with Crippen molar-refractivity contribution in [1.29, 1.82) is 0 Å². The van der Waals surface area contributed by atoms with Crippen LogP contribution in [0.2, 0.25) is 12.6 Å². The maximum absolute atomic E-state index is 11.2. The highest BCUT2D eigenvalue weighted by atomic mass is 28.4. The van der Waals surface area contributed by atoms with Crippen LogP contribution in [0.3, 0.4) is 0 Å². The van der Waals surface area contributed by atoms with E-state index in [9.17, 15) is 4.79 Å². The lowest BCUT2D eigenvalue weighted by molar-refractivity contribution is -0.121. The van der Waals surface area contributed by atoms with Crippen molar-refractivity contribution in [1.82, 2.24) is 0 Å². The van der Waals surface area contributed by atoms with Crippen molar-refractivity contribution in [3.05, 3.63) is 0 Å². The molecule has 3 nitrogen and oxygen atoms in total. The number of Topliss-reactive ketones (excluding diaryl/α,β-unsaturated/α-hetero) is 1. The van der Waals surface area contributed by atoms with E-state index in [1.807, 2.05) is 0 Å². The highest BCUT2D eigenvalue weighted by Crippen LogP contribution is 2.28. The van der Waals surface area contributed by atoms with Crippen LogP contribution in [-0.2, 0) is 13.6 Å². The molecule has 0 aromatic heterocycles. The molecule has 1 rings (SSSR count). The maximum Gasteiger partial charge on any atom is 0.334 e. The Labute approximate surface area is 125 Å². The van der Waals surface area contributed by atoms with Crippen molar-refractivity contribution >= 4 is 14.3 Å². The lowest BCUT2D eigenvalue weighted by atomic mass is 9.86. The van der Waals surface area contributed by atoms with E-state index in [-0.39, 0.29) is 0 Å². The molecule has 4 heteroatoms. The Morgan fingerprint density at radius 1 is 1.10 bits per heavy atom. The Morgan fingerprint density at radius 2 is 1.65 bits per heavy atom. The highest BCUT2D eigenvalue weighted by molar-refractivity contribution is 6.66. The fraction of sp³-hybridized carbons (Fsp3) is 0.938. The number of hydrogen-bond donors (Lipinski definition) is 0. The Bertz CT molecular complexity index is 263. The van der Waals surface area contributed by atoms with Crippen LogP contribution in [0.4, 0.5) is 0 Å². The molecule has 1 saturated carbocycles. The van der Waals surface area contributed by atoms with Crippen LogP contribution in [0.15, 0.2) is 0 Å². The topological polar surface area (TPSA) is 35.5 Å². The number of carbonyl (C=O) groups excluding carboxylic acids is 1. The van der Waals surface area contributed by atoms with Crippen LogP contribution in [-0.4, -0.2) is 27.6 Å². The van der Waals surface area contributed by atoms with Crippen LogP contribution < -0.4 is 0 Å². The van der Waals surface area contributed by atoms with Gasteiger partial charge in [-0.15, -0.1) is 0 Å². The second kappa shape index (κ2) is 9.69. The van der Waals surface area contributed by atoms with E-state index in [0.29, 0.717) is 5.78 Å². The van der Waals surface area contributed by atoms with Crippen molar-refractivity contribution in [2.45, 2.75) is 77.8 Å². The summed E-state index contributed by atoms with van der Waals surface area (Å²) in [6.07, 6.45) is 8.35. The Hall–Kier alpha value is -0.193. The third-order valence-electron chi connectivity index (χ3n) is 4.13. The van der Waals surface area contributed by atoms with Crippen LogP contribution in [0.25, 0.3) is 0 Å². The average molecular weight is 301 g/mol. The fourth-order valence-corrected chi connectivity index (χ4v) is 5.31. The molecule has 0 heterocycles. The van der Waals surface area contributed by atoms with Gasteiger partial charge >= 0.3 is 8.56 Å². The minimum atomic E-state index is -1.96. The molecular weight excluding hydrogens is 268 g/mol. The monoisotopic (exact) mass is 300 g/mol. The van der Waals surface area contributed by atoms with E-state index in [1.54, 1.807) is 0 Å². The molecule has 0 N–H and O–H groups in total. The Kier molecular flexibility index (Phi) is 8.65. The molecule has 20 heavy (non-hydrogen) atoms. The molecule has 1 fully saturated rings. The number of hydrogen-bond acceptors (Lipinski definition) is 3. The summed E-state index contributed by atoms with van der Waals surface area (Å²) in [4.78, 5) is 11.2. The lowest BCUT2D eigenvalue weighted by Crippen LogP contribution is -2.39. The second-order valence-corrected chi connectivity index (χ2v) is 9.55. The van der Waals surface area contributed by atoms with E-state index in [1.165, 1.54) is 12.8 Å². The first-order valence-electron chi connectivity index (χ1n) is 8.39. The van der Waals surface area contributed by atoms with Crippen molar-refractivity contribution < 1.29 is 13.6 Å². The standard InChI is InChI=1S/C16H32O3Si/c1-4-12-18-20(3,19-13-5-2)14-6-7-15-8-10-16(17)11-9-15/h15H,4-14H2,1-3H3. The predicted octanol–water partition coefficient (Wildman–Crippen LogP) is 4.45. The molecule has 0 amide bonds.